The smallest absolute Gasteiger partial charge is 0.256 e. The predicted molar refractivity (Wildman–Crippen MR) is 171 cm³/mol. The van der Waals surface area contributed by atoms with Gasteiger partial charge in [0.1, 0.15) is 12.1 Å². The van der Waals surface area contributed by atoms with Gasteiger partial charge in [-0.3, -0.25) is 14.4 Å². The molecule has 3 atom stereocenters. The van der Waals surface area contributed by atoms with Gasteiger partial charge in [0.15, 0.2) is 11.5 Å². The molecule has 4 aromatic rings. The summed E-state index contributed by atoms with van der Waals surface area (Å²) in [5.41, 5.74) is 3.26. The average Bonchev–Trinajstić information content (AvgIpc) is 3.60. The minimum absolute atomic E-state index is 0.00201. The number of aryl methyl sites for hydroxylation is 1. The highest BCUT2D eigenvalue weighted by Gasteiger charge is 2.42. The highest BCUT2D eigenvalue weighted by atomic mass is 35.5. The minimum Gasteiger partial charge on any atom is -0.493 e. The zero-order chi connectivity index (χ0) is 32.0. The Bertz CT molecular complexity index is 1820. The van der Waals surface area contributed by atoms with E-state index in [4.69, 9.17) is 32.7 Å². The fourth-order valence-electron chi connectivity index (χ4n) is 6.28. The number of carbonyl (C=O) groups excluding carboxylic acids is 3. The van der Waals surface area contributed by atoms with Gasteiger partial charge in [-0.25, -0.2) is 0 Å². The summed E-state index contributed by atoms with van der Waals surface area (Å²) >= 11 is 12.8. The maximum Gasteiger partial charge on any atom is 0.256 e. The van der Waals surface area contributed by atoms with Crippen LogP contribution in [0.3, 0.4) is 0 Å². The summed E-state index contributed by atoms with van der Waals surface area (Å²) in [6.45, 7) is 0.0822. The third kappa shape index (κ3) is 5.58. The molecule has 1 saturated heterocycles. The number of anilines is 1. The molecule has 12 heteroatoms. The summed E-state index contributed by atoms with van der Waals surface area (Å²) in [6, 6.07) is 14.3. The van der Waals surface area contributed by atoms with Crippen LogP contribution in [0.15, 0.2) is 60.8 Å². The molecule has 45 heavy (non-hydrogen) atoms. The first-order valence-corrected chi connectivity index (χ1v) is 15.2. The molecule has 0 radical (unpaired) electrons. The molecule has 6 rings (SSSR count). The number of aromatic nitrogens is 1. The second kappa shape index (κ2) is 12.3. The number of hydrogen-bond acceptors (Lipinski definition) is 6. The number of nitrogens with one attached hydrogen (secondary N) is 1. The van der Waals surface area contributed by atoms with Crippen LogP contribution in [0.2, 0.25) is 10.0 Å². The molecule has 0 saturated carbocycles. The van der Waals surface area contributed by atoms with Crippen molar-refractivity contribution in [2.75, 3.05) is 25.7 Å². The van der Waals surface area contributed by atoms with Crippen molar-refractivity contribution < 1.29 is 29.0 Å². The molecule has 2 aliphatic heterocycles. The molecule has 1 fully saturated rings. The van der Waals surface area contributed by atoms with E-state index in [1.165, 1.54) is 24.0 Å². The van der Waals surface area contributed by atoms with E-state index in [-0.39, 0.29) is 37.7 Å². The van der Waals surface area contributed by atoms with E-state index in [0.29, 0.717) is 38.4 Å². The first kappa shape index (κ1) is 30.8. The van der Waals surface area contributed by atoms with Crippen molar-refractivity contribution in [1.82, 2.24) is 14.8 Å². The average molecular weight is 652 g/mol. The number of nitrogens with zero attached hydrogens (tertiary/aromatic N) is 3. The zero-order valence-electron chi connectivity index (χ0n) is 24.9. The van der Waals surface area contributed by atoms with Gasteiger partial charge in [0.05, 0.1) is 48.2 Å². The number of carbonyl (C=O) groups is 3. The van der Waals surface area contributed by atoms with Crippen LogP contribution in [-0.2, 0) is 29.6 Å². The van der Waals surface area contributed by atoms with Crippen molar-refractivity contribution in [2.24, 2.45) is 7.05 Å². The summed E-state index contributed by atoms with van der Waals surface area (Å²) in [5, 5.41) is 14.9. The van der Waals surface area contributed by atoms with Gasteiger partial charge in [-0.05, 0) is 29.3 Å². The minimum atomic E-state index is -0.970. The lowest BCUT2D eigenvalue weighted by Gasteiger charge is -2.36. The maximum absolute atomic E-state index is 14.1. The summed E-state index contributed by atoms with van der Waals surface area (Å²) < 4.78 is 12.9. The molecule has 2 aliphatic rings. The lowest BCUT2D eigenvalue weighted by Crippen LogP contribution is -2.56. The third-order valence-electron chi connectivity index (χ3n) is 8.51. The Hall–Kier alpha value is -4.25. The third-order valence-corrected chi connectivity index (χ3v) is 9.37. The lowest BCUT2D eigenvalue weighted by atomic mass is 9.95. The lowest BCUT2D eigenvalue weighted by molar-refractivity contribution is -0.130. The van der Waals surface area contributed by atoms with Gasteiger partial charge in [0.2, 0.25) is 11.8 Å². The molecule has 3 amide bonds. The predicted octanol–water partition coefficient (Wildman–Crippen LogP) is 4.35. The molecule has 234 valence electrons. The van der Waals surface area contributed by atoms with E-state index in [1.54, 1.807) is 36.5 Å². The molecule has 3 heterocycles. The molecule has 3 unspecified atom stereocenters. The van der Waals surface area contributed by atoms with Gasteiger partial charge in [0, 0.05) is 49.6 Å². The second-order valence-electron chi connectivity index (χ2n) is 11.3. The molecule has 2 N–H and O–H groups in total. The molecular weight excluding hydrogens is 619 g/mol. The number of aliphatic hydroxyl groups excluding tert-OH is 1. The van der Waals surface area contributed by atoms with E-state index < -0.39 is 24.1 Å². The van der Waals surface area contributed by atoms with Gasteiger partial charge in [-0.1, -0.05) is 53.5 Å². The molecule has 10 nitrogen and oxygen atoms in total. The monoisotopic (exact) mass is 650 g/mol. The van der Waals surface area contributed by atoms with Crippen LogP contribution >= 0.6 is 23.2 Å². The molecule has 0 bridgehead atoms. The van der Waals surface area contributed by atoms with Crippen molar-refractivity contribution in [2.45, 2.75) is 37.6 Å². The normalized spacial score (nSPS) is 19.5. The number of rotatable bonds is 7. The van der Waals surface area contributed by atoms with E-state index in [1.807, 2.05) is 35.9 Å². The number of amides is 3. The first-order chi connectivity index (χ1) is 21.6. The van der Waals surface area contributed by atoms with E-state index in [0.717, 1.165) is 16.5 Å². The van der Waals surface area contributed by atoms with Gasteiger partial charge in [0.25, 0.3) is 5.91 Å². The number of hydrogen-bond donors (Lipinski definition) is 2. The van der Waals surface area contributed by atoms with Crippen molar-refractivity contribution in [1.29, 1.82) is 0 Å². The van der Waals surface area contributed by atoms with Crippen LogP contribution in [-0.4, -0.2) is 71.2 Å². The van der Waals surface area contributed by atoms with Crippen molar-refractivity contribution in [3.63, 3.8) is 0 Å². The van der Waals surface area contributed by atoms with Crippen molar-refractivity contribution in [3.05, 3.63) is 87.5 Å². The topological polar surface area (TPSA) is 113 Å². The van der Waals surface area contributed by atoms with Gasteiger partial charge in [-0.15, -0.1) is 0 Å². The molecule has 3 aromatic carbocycles. The first-order valence-electron chi connectivity index (χ1n) is 14.4. The molecule has 0 spiro atoms. The quantitative estimate of drug-likeness (QED) is 0.308. The number of fused-ring (bicyclic) bond motifs is 2. The number of methoxy groups -OCH3 is 2. The van der Waals surface area contributed by atoms with Crippen LogP contribution in [0.5, 0.6) is 11.5 Å². The van der Waals surface area contributed by atoms with E-state index in [9.17, 15) is 19.5 Å². The molecule has 1 aromatic heterocycles. The number of aliphatic hydroxyl groups is 1. The largest absolute Gasteiger partial charge is 0.493 e. The van der Waals surface area contributed by atoms with Crippen LogP contribution in [0, 0.1) is 0 Å². The number of para-hydroxylation sites is 1. The Labute approximate surface area is 270 Å². The fraction of sp³-hybridized carbons (Fsp3) is 0.303. The number of β-amino-alcohol motifs (C(OH)–C–C–N with tert-alkyl or cyclic N) is 1. The van der Waals surface area contributed by atoms with Gasteiger partial charge < -0.3 is 34.3 Å². The van der Waals surface area contributed by atoms with Gasteiger partial charge in [-0.2, -0.15) is 0 Å². The second-order valence-corrected chi connectivity index (χ2v) is 12.1. The number of halogens is 2. The van der Waals surface area contributed by atoms with Crippen LogP contribution in [0.4, 0.5) is 5.69 Å². The summed E-state index contributed by atoms with van der Waals surface area (Å²) in [5.74, 6) is -0.343. The summed E-state index contributed by atoms with van der Waals surface area (Å²) in [7, 11) is 4.88. The number of likely N-dealkylation sites (tertiary alicyclic amines) is 1. The van der Waals surface area contributed by atoms with Crippen molar-refractivity contribution in [3.8, 4) is 11.5 Å². The van der Waals surface area contributed by atoms with Crippen LogP contribution in [0.25, 0.3) is 10.9 Å². The van der Waals surface area contributed by atoms with Crippen LogP contribution < -0.4 is 19.7 Å². The Morgan fingerprint density at radius 1 is 1.04 bits per heavy atom. The van der Waals surface area contributed by atoms with Crippen LogP contribution in [0.1, 0.15) is 27.9 Å². The SMILES string of the molecule is COc1cc2c(cc1OC)N(Cc1cccc(Cl)c1Cl)C(=O)C(NC(=O)C1CC(O)CN1C(=O)c1cn(C)c3ccccc13)C2. The Balaban J connectivity index is 1.30. The Morgan fingerprint density at radius 3 is 2.53 bits per heavy atom. The molecular formula is C33H32Cl2N4O6. The van der Waals surface area contributed by atoms with Gasteiger partial charge >= 0.3 is 0 Å². The standard InChI is InChI=1S/C33H32Cl2N4O6/c1-37-17-22(21-8-4-5-10-25(21)37)32(42)39-16-20(40)13-27(39)31(41)36-24-11-19-12-28(44-2)29(45-3)14-26(19)38(33(24)43)15-18-7-6-9-23(34)30(18)35/h4-10,12,14,17,20,24,27,40H,11,13,15-16H2,1-3H3,(H,36,41). The summed E-state index contributed by atoms with van der Waals surface area (Å²) in [4.78, 5) is 44.6. The highest BCUT2D eigenvalue weighted by Crippen LogP contribution is 2.40. The summed E-state index contributed by atoms with van der Waals surface area (Å²) in [6.07, 6.45) is 1.06. The zero-order valence-corrected chi connectivity index (χ0v) is 26.4. The Morgan fingerprint density at radius 2 is 1.78 bits per heavy atom. The number of benzene rings is 3. The maximum atomic E-state index is 14.1. The van der Waals surface area contributed by atoms with E-state index in [2.05, 4.69) is 5.32 Å². The number of ether oxygens (including phenoxy) is 2. The fourth-order valence-corrected chi connectivity index (χ4v) is 6.66. The molecule has 0 aliphatic carbocycles. The Kier molecular flexibility index (Phi) is 8.39. The van der Waals surface area contributed by atoms with Crippen molar-refractivity contribution >= 4 is 57.5 Å². The van der Waals surface area contributed by atoms with E-state index >= 15 is 0 Å². The highest BCUT2D eigenvalue weighted by molar-refractivity contribution is 6.42.